The molecule has 1 N–H and O–H groups in total. The first-order chi connectivity index (χ1) is 16.8. The second-order valence-corrected chi connectivity index (χ2v) is 9.55. The largest absolute Gasteiger partial charge is 0.489 e. The Morgan fingerprint density at radius 1 is 0.971 bits per heavy atom. The van der Waals surface area contributed by atoms with Crippen molar-refractivity contribution in [2.75, 3.05) is 0 Å². The van der Waals surface area contributed by atoms with Gasteiger partial charge in [-0.3, -0.25) is 4.79 Å². The molecule has 0 saturated heterocycles. The Morgan fingerprint density at radius 3 is 2.20 bits per heavy atom. The van der Waals surface area contributed by atoms with Crippen molar-refractivity contribution in [3.05, 3.63) is 118 Å². The SMILES string of the molecule is Cc1noc(C)c1COc1ccc(C(C)(C)C(=O)NC(c2ccccc2)c2ccc(Cl)cc2)cc1. The molecule has 0 fully saturated rings. The van der Waals surface area contributed by atoms with Gasteiger partial charge in [0.25, 0.3) is 0 Å². The van der Waals surface area contributed by atoms with E-state index in [4.69, 9.17) is 20.9 Å². The number of carbonyl (C=O) groups excluding carboxylic acids is 1. The summed E-state index contributed by atoms with van der Waals surface area (Å²) in [5.74, 6) is 1.39. The zero-order valence-electron chi connectivity index (χ0n) is 20.3. The number of amides is 1. The number of rotatable bonds is 8. The fraction of sp³-hybridized carbons (Fsp3) is 0.241. The minimum atomic E-state index is -0.764. The van der Waals surface area contributed by atoms with Crippen LogP contribution in [-0.4, -0.2) is 11.1 Å². The van der Waals surface area contributed by atoms with Crippen LogP contribution in [0.3, 0.4) is 0 Å². The van der Waals surface area contributed by atoms with E-state index >= 15 is 0 Å². The molecule has 1 aromatic heterocycles. The first-order valence-corrected chi connectivity index (χ1v) is 11.9. The van der Waals surface area contributed by atoms with Gasteiger partial charge >= 0.3 is 0 Å². The number of hydrogen-bond donors (Lipinski definition) is 1. The first kappa shape index (κ1) is 24.6. The smallest absolute Gasteiger partial charge is 0.230 e. The number of benzene rings is 3. The number of carbonyl (C=O) groups is 1. The minimum Gasteiger partial charge on any atom is -0.489 e. The first-order valence-electron chi connectivity index (χ1n) is 11.5. The molecule has 0 saturated carbocycles. The van der Waals surface area contributed by atoms with E-state index in [2.05, 4.69) is 10.5 Å². The van der Waals surface area contributed by atoms with E-state index in [1.165, 1.54) is 0 Å². The average molecular weight is 489 g/mol. The van der Waals surface area contributed by atoms with E-state index in [0.29, 0.717) is 17.4 Å². The maximum Gasteiger partial charge on any atom is 0.230 e. The number of ether oxygens (including phenoxy) is 1. The third-order valence-corrected chi connectivity index (χ3v) is 6.57. The normalized spacial score (nSPS) is 12.3. The van der Waals surface area contributed by atoms with Gasteiger partial charge in [-0.15, -0.1) is 0 Å². The van der Waals surface area contributed by atoms with E-state index in [0.717, 1.165) is 33.7 Å². The third kappa shape index (κ3) is 5.57. The molecule has 0 bridgehead atoms. The summed E-state index contributed by atoms with van der Waals surface area (Å²) in [4.78, 5) is 13.5. The van der Waals surface area contributed by atoms with E-state index in [1.807, 2.05) is 107 Å². The molecule has 1 atom stereocenters. The lowest BCUT2D eigenvalue weighted by Gasteiger charge is -2.28. The fourth-order valence-corrected chi connectivity index (χ4v) is 4.06. The van der Waals surface area contributed by atoms with Crippen molar-refractivity contribution in [2.24, 2.45) is 0 Å². The third-order valence-electron chi connectivity index (χ3n) is 6.32. The maximum absolute atomic E-state index is 13.5. The summed E-state index contributed by atoms with van der Waals surface area (Å²) in [7, 11) is 0. The van der Waals surface area contributed by atoms with E-state index in [9.17, 15) is 4.79 Å². The summed E-state index contributed by atoms with van der Waals surface area (Å²) in [6.45, 7) is 7.99. The van der Waals surface area contributed by atoms with Crippen LogP contribution >= 0.6 is 11.6 Å². The summed E-state index contributed by atoms with van der Waals surface area (Å²) >= 11 is 6.09. The lowest BCUT2D eigenvalue weighted by molar-refractivity contribution is -0.126. The van der Waals surface area contributed by atoms with Crippen molar-refractivity contribution >= 4 is 17.5 Å². The zero-order chi connectivity index (χ0) is 25.0. The number of halogens is 1. The Balaban J connectivity index is 1.50. The monoisotopic (exact) mass is 488 g/mol. The molecule has 4 aromatic rings. The highest BCUT2D eigenvalue weighted by molar-refractivity contribution is 6.30. The molecule has 0 aliphatic heterocycles. The lowest BCUT2D eigenvalue weighted by atomic mass is 9.83. The fourth-order valence-electron chi connectivity index (χ4n) is 3.93. The molecular weight excluding hydrogens is 460 g/mol. The van der Waals surface area contributed by atoms with Crippen molar-refractivity contribution in [1.82, 2.24) is 10.5 Å². The van der Waals surface area contributed by atoms with Crippen LogP contribution in [-0.2, 0) is 16.8 Å². The molecule has 0 aliphatic carbocycles. The van der Waals surface area contributed by atoms with Crippen LogP contribution in [0, 0.1) is 13.8 Å². The average Bonchev–Trinajstić information content (AvgIpc) is 3.19. The maximum atomic E-state index is 13.5. The Labute approximate surface area is 211 Å². The van der Waals surface area contributed by atoms with Gasteiger partial charge in [-0.05, 0) is 68.7 Å². The number of aryl methyl sites for hydroxylation is 2. The molecule has 1 unspecified atom stereocenters. The summed E-state index contributed by atoms with van der Waals surface area (Å²) in [5.41, 5.74) is 3.87. The molecule has 0 radical (unpaired) electrons. The molecule has 3 aromatic carbocycles. The molecule has 1 heterocycles. The Kier molecular flexibility index (Phi) is 7.27. The van der Waals surface area contributed by atoms with Crippen molar-refractivity contribution in [1.29, 1.82) is 0 Å². The van der Waals surface area contributed by atoms with Gasteiger partial charge in [0.05, 0.1) is 22.7 Å². The van der Waals surface area contributed by atoms with Gasteiger partial charge < -0.3 is 14.6 Å². The highest BCUT2D eigenvalue weighted by Crippen LogP contribution is 2.29. The molecular formula is C29H29ClN2O3. The van der Waals surface area contributed by atoms with E-state index in [1.54, 1.807) is 0 Å². The summed E-state index contributed by atoms with van der Waals surface area (Å²) in [6, 6.07) is 24.8. The number of nitrogens with zero attached hydrogens (tertiary/aromatic N) is 1. The van der Waals surface area contributed by atoms with Crippen LogP contribution in [0.5, 0.6) is 5.75 Å². The molecule has 0 spiro atoms. The molecule has 1 amide bonds. The van der Waals surface area contributed by atoms with E-state index < -0.39 is 5.41 Å². The highest BCUT2D eigenvalue weighted by atomic mass is 35.5. The summed E-state index contributed by atoms with van der Waals surface area (Å²) in [5, 5.41) is 7.86. The molecule has 35 heavy (non-hydrogen) atoms. The Bertz CT molecular complexity index is 1260. The number of hydrogen-bond acceptors (Lipinski definition) is 4. The molecule has 5 nitrogen and oxygen atoms in total. The van der Waals surface area contributed by atoms with Crippen LogP contribution < -0.4 is 10.1 Å². The minimum absolute atomic E-state index is 0.0781. The number of nitrogens with one attached hydrogen (secondary N) is 1. The van der Waals surface area contributed by atoms with Gasteiger partial charge in [0.2, 0.25) is 5.91 Å². The van der Waals surface area contributed by atoms with Gasteiger partial charge in [-0.25, -0.2) is 0 Å². The van der Waals surface area contributed by atoms with Crippen molar-refractivity contribution in [3.63, 3.8) is 0 Å². The van der Waals surface area contributed by atoms with Gasteiger partial charge in [0.15, 0.2) is 0 Å². The lowest BCUT2D eigenvalue weighted by Crippen LogP contribution is -2.42. The van der Waals surface area contributed by atoms with Crippen molar-refractivity contribution < 1.29 is 14.1 Å². The highest BCUT2D eigenvalue weighted by Gasteiger charge is 2.32. The Morgan fingerprint density at radius 2 is 1.60 bits per heavy atom. The van der Waals surface area contributed by atoms with Gasteiger partial charge in [0.1, 0.15) is 18.1 Å². The summed E-state index contributed by atoms with van der Waals surface area (Å²) in [6.07, 6.45) is 0. The molecule has 0 aliphatic rings. The van der Waals surface area contributed by atoms with Crippen molar-refractivity contribution in [2.45, 2.75) is 45.8 Å². The number of aromatic nitrogens is 1. The Hall–Kier alpha value is -3.57. The van der Waals surface area contributed by atoms with Crippen molar-refractivity contribution in [3.8, 4) is 5.75 Å². The van der Waals surface area contributed by atoms with Gasteiger partial charge in [-0.2, -0.15) is 0 Å². The van der Waals surface area contributed by atoms with Crippen LogP contribution in [0.15, 0.2) is 83.4 Å². The molecule has 4 rings (SSSR count). The predicted molar refractivity (Wildman–Crippen MR) is 138 cm³/mol. The molecule has 6 heteroatoms. The van der Waals surface area contributed by atoms with Gasteiger partial charge in [-0.1, -0.05) is 71.4 Å². The second-order valence-electron chi connectivity index (χ2n) is 9.11. The predicted octanol–water partition coefficient (Wildman–Crippen LogP) is 6.71. The summed E-state index contributed by atoms with van der Waals surface area (Å²) < 4.78 is 11.1. The second kappa shape index (κ2) is 10.4. The van der Waals surface area contributed by atoms with Crippen LogP contribution in [0.2, 0.25) is 5.02 Å². The van der Waals surface area contributed by atoms with Crippen LogP contribution in [0.1, 0.15) is 53.6 Å². The van der Waals surface area contributed by atoms with Crippen LogP contribution in [0.4, 0.5) is 0 Å². The van der Waals surface area contributed by atoms with E-state index in [-0.39, 0.29) is 11.9 Å². The zero-order valence-corrected chi connectivity index (χ0v) is 21.1. The molecule has 180 valence electrons. The quantitative estimate of drug-likeness (QED) is 0.299. The van der Waals surface area contributed by atoms with Crippen LogP contribution in [0.25, 0.3) is 0 Å². The standard InChI is InChI=1S/C29H29ClN2O3/c1-19-26(20(2)35-32-19)18-34-25-16-12-23(13-17-25)29(3,4)28(33)31-27(21-8-6-5-7-9-21)22-10-14-24(30)15-11-22/h5-17,27H,18H2,1-4H3,(H,31,33). The van der Waals surface area contributed by atoms with Gasteiger partial charge in [0, 0.05) is 5.02 Å². The topological polar surface area (TPSA) is 64.4 Å².